The molecule has 13 nitrogen and oxygen atoms in total. The predicted octanol–water partition coefficient (Wildman–Crippen LogP) is 3.87. The number of aromatic nitrogens is 4. The van der Waals surface area contributed by atoms with E-state index in [-0.39, 0.29) is 37.0 Å². The summed E-state index contributed by atoms with van der Waals surface area (Å²) in [6.45, 7) is 5.30. The minimum Gasteiger partial charge on any atom is -0.480 e. The number of benzene rings is 2. The average Bonchev–Trinajstić information content (AvgIpc) is 3.41. The van der Waals surface area contributed by atoms with Crippen molar-refractivity contribution in [3.05, 3.63) is 64.2 Å². The van der Waals surface area contributed by atoms with Crippen LogP contribution in [0.1, 0.15) is 56.8 Å². The van der Waals surface area contributed by atoms with Crippen molar-refractivity contribution < 1.29 is 29.4 Å². The van der Waals surface area contributed by atoms with Gasteiger partial charge in [-0.1, -0.05) is 80.5 Å². The van der Waals surface area contributed by atoms with Crippen LogP contribution in [0.15, 0.2) is 48.5 Å². The highest BCUT2D eigenvalue weighted by molar-refractivity contribution is 5.84. The number of hydrogen-bond acceptors (Lipinski definition) is 9. The van der Waals surface area contributed by atoms with Crippen LogP contribution >= 0.6 is 0 Å². The molecular formula is C27H32N6O7. The van der Waals surface area contributed by atoms with Gasteiger partial charge in [-0.05, 0) is 34.2 Å². The monoisotopic (exact) mass is 552 g/mol. The van der Waals surface area contributed by atoms with E-state index in [9.17, 15) is 29.6 Å². The summed E-state index contributed by atoms with van der Waals surface area (Å²) >= 11 is 0. The number of unbranched alkanes of at least 4 members (excludes halogenated alkanes) is 1. The third-order valence-electron chi connectivity index (χ3n) is 6.22. The molecular weight excluding hydrogens is 520 g/mol. The summed E-state index contributed by atoms with van der Waals surface area (Å²) in [7, 11) is 0. The number of amides is 1. The minimum absolute atomic E-state index is 0.164. The van der Waals surface area contributed by atoms with Crippen molar-refractivity contribution in [2.24, 2.45) is 5.92 Å². The number of carbonyl (C=O) groups excluding carboxylic acids is 2. The normalized spacial score (nSPS) is 11.7. The van der Waals surface area contributed by atoms with E-state index in [0.29, 0.717) is 12.0 Å². The Morgan fingerprint density at radius 1 is 1.07 bits per heavy atom. The molecule has 1 atom stereocenters. The van der Waals surface area contributed by atoms with Crippen LogP contribution in [0.4, 0.5) is 0 Å². The summed E-state index contributed by atoms with van der Waals surface area (Å²) in [5, 5.41) is 31.0. The highest BCUT2D eigenvalue weighted by Gasteiger charge is 2.32. The van der Waals surface area contributed by atoms with Gasteiger partial charge in [0, 0.05) is 18.5 Å². The summed E-state index contributed by atoms with van der Waals surface area (Å²) in [6.07, 6.45) is 1.51. The molecule has 1 unspecified atom stereocenters. The van der Waals surface area contributed by atoms with E-state index >= 15 is 0 Å². The molecule has 212 valence electrons. The van der Waals surface area contributed by atoms with E-state index in [2.05, 4.69) is 20.2 Å². The first-order valence-electron chi connectivity index (χ1n) is 12.9. The molecule has 0 radical (unpaired) electrons. The van der Waals surface area contributed by atoms with Crippen LogP contribution in [0.2, 0.25) is 0 Å². The topological polar surface area (TPSA) is 171 Å². The molecule has 0 spiro atoms. The largest absolute Gasteiger partial charge is 0.480 e. The summed E-state index contributed by atoms with van der Waals surface area (Å²) < 4.78 is 0. The van der Waals surface area contributed by atoms with Crippen molar-refractivity contribution in [2.45, 2.75) is 59.0 Å². The smallest absolute Gasteiger partial charge is 0.326 e. The lowest BCUT2D eigenvalue weighted by atomic mass is 9.97. The van der Waals surface area contributed by atoms with Crippen LogP contribution < -0.4 is 0 Å². The standard InChI is InChI=1S/C27H32N6O7/c1-4-5-10-23(34)31(25(18(2)3)27(36)37)17-19-11-13-20(14-12-19)21-8-6-7-9-22(21)26-28-30-32(29-26)24(35)15-16-40-33(38)39/h6-9,11-14,18,25H,4-5,10,15-17H2,1-3H3,(H,36,37). The van der Waals surface area contributed by atoms with E-state index < -0.39 is 29.6 Å². The number of rotatable bonds is 14. The van der Waals surface area contributed by atoms with Crippen molar-refractivity contribution in [2.75, 3.05) is 6.61 Å². The van der Waals surface area contributed by atoms with E-state index in [1.165, 1.54) is 4.90 Å². The maximum Gasteiger partial charge on any atom is 0.326 e. The Kier molecular flexibility index (Phi) is 10.4. The van der Waals surface area contributed by atoms with Crippen molar-refractivity contribution in [3.8, 4) is 22.5 Å². The fraction of sp³-hybridized carbons (Fsp3) is 0.407. The summed E-state index contributed by atoms with van der Waals surface area (Å²) in [5.41, 5.74) is 2.96. The molecule has 0 saturated carbocycles. The van der Waals surface area contributed by atoms with Gasteiger partial charge in [0.2, 0.25) is 11.7 Å². The molecule has 0 aliphatic heterocycles. The van der Waals surface area contributed by atoms with E-state index in [4.69, 9.17) is 0 Å². The van der Waals surface area contributed by atoms with Gasteiger partial charge in [0.15, 0.2) is 0 Å². The van der Waals surface area contributed by atoms with Gasteiger partial charge in [-0.3, -0.25) is 9.59 Å². The van der Waals surface area contributed by atoms with E-state index in [1.54, 1.807) is 26.0 Å². The highest BCUT2D eigenvalue weighted by Crippen LogP contribution is 2.30. The molecule has 1 N–H and O–H groups in total. The quantitative estimate of drug-likeness (QED) is 0.229. The van der Waals surface area contributed by atoms with E-state index in [1.807, 2.05) is 43.3 Å². The van der Waals surface area contributed by atoms with Crippen molar-refractivity contribution in [1.29, 1.82) is 0 Å². The number of carboxylic acids is 1. The van der Waals surface area contributed by atoms with E-state index in [0.717, 1.165) is 27.9 Å². The first-order valence-corrected chi connectivity index (χ1v) is 12.9. The number of carboxylic acid groups (broad SMARTS) is 1. The zero-order valence-corrected chi connectivity index (χ0v) is 22.6. The van der Waals surface area contributed by atoms with Gasteiger partial charge in [0.1, 0.15) is 12.6 Å². The minimum atomic E-state index is -1.03. The molecule has 3 rings (SSSR count). The molecule has 1 aromatic heterocycles. The lowest BCUT2D eigenvalue weighted by Gasteiger charge is -2.32. The van der Waals surface area contributed by atoms with Gasteiger partial charge in [-0.2, -0.15) is 0 Å². The maximum absolute atomic E-state index is 13.0. The summed E-state index contributed by atoms with van der Waals surface area (Å²) in [6, 6.07) is 13.7. The molecule has 0 saturated heterocycles. The van der Waals surface area contributed by atoms with Crippen LogP contribution in [-0.4, -0.2) is 65.7 Å². The number of nitrogens with zero attached hydrogens (tertiary/aromatic N) is 6. The number of carbonyl (C=O) groups is 3. The van der Waals surface area contributed by atoms with Crippen LogP contribution in [0.5, 0.6) is 0 Å². The Morgan fingerprint density at radius 2 is 1.75 bits per heavy atom. The second kappa shape index (κ2) is 13.9. The molecule has 0 fully saturated rings. The van der Waals surface area contributed by atoms with Crippen LogP contribution in [0, 0.1) is 16.0 Å². The molecule has 1 amide bonds. The molecule has 2 aromatic carbocycles. The molecule has 0 aliphatic carbocycles. The summed E-state index contributed by atoms with van der Waals surface area (Å²) in [5.74, 6) is -1.90. The molecule has 13 heteroatoms. The third-order valence-corrected chi connectivity index (χ3v) is 6.22. The Hall–Kier alpha value is -4.68. The zero-order chi connectivity index (χ0) is 29.2. The summed E-state index contributed by atoms with van der Waals surface area (Å²) in [4.78, 5) is 53.9. The maximum atomic E-state index is 13.0. The third kappa shape index (κ3) is 7.68. The number of hydrogen-bond donors (Lipinski definition) is 1. The highest BCUT2D eigenvalue weighted by atomic mass is 16.9. The van der Waals surface area contributed by atoms with Crippen molar-refractivity contribution in [1.82, 2.24) is 25.1 Å². The molecule has 1 heterocycles. The first-order chi connectivity index (χ1) is 19.1. The number of aliphatic carboxylic acids is 1. The Balaban J connectivity index is 1.83. The predicted molar refractivity (Wildman–Crippen MR) is 143 cm³/mol. The van der Waals surface area contributed by atoms with Crippen molar-refractivity contribution >= 4 is 17.8 Å². The van der Waals surface area contributed by atoms with Gasteiger partial charge in [-0.15, -0.1) is 20.3 Å². The molecule has 3 aromatic rings. The van der Waals surface area contributed by atoms with Crippen LogP contribution in [0.3, 0.4) is 0 Å². The molecule has 0 aliphatic rings. The second-order valence-corrected chi connectivity index (χ2v) is 9.50. The Labute approximate surface area is 230 Å². The Morgan fingerprint density at radius 3 is 2.35 bits per heavy atom. The fourth-order valence-corrected chi connectivity index (χ4v) is 4.24. The Bertz CT molecular complexity index is 1340. The van der Waals surface area contributed by atoms with Gasteiger partial charge in [0.05, 0.1) is 6.42 Å². The van der Waals surface area contributed by atoms with Gasteiger partial charge < -0.3 is 14.8 Å². The SMILES string of the molecule is CCCCC(=O)N(Cc1ccc(-c2ccccc2-c2nnn(C(=O)CCO[N+](=O)[O-])n2)cc1)C(C(=O)O)C(C)C. The van der Waals surface area contributed by atoms with Gasteiger partial charge in [-0.25, -0.2) is 4.79 Å². The second-order valence-electron chi connectivity index (χ2n) is 9.50. The lowest BCUT2D eigenvalue weighted by molar-refractivity contribution is -0.757. The first kappa shape index (κ1) is 29.9. The fourth-order valence-electron chi connectivity index (χ4n) is 4.24. The van der Waals surface area contributed by atoms with Crippen LogP contribution in [-0.2, 0) is 21.0 Å². The average molecular weight is 553 g/mol. The van der Waals surface area contributed by atoms with Gasteiger partial charge >= 0.3 is 5.97 Å². The van der Waals surface area contributed by atoms with Crippen molar-refractivity contribution in [3.63, 3.8) is 0 Å². The van der Waals surface area contributed by atoms with Gasteiger partial charge in [0.25, 0.3) is 11.0 Å². The van der Waals surface area contributed by atoms with Crippen LogP contribution in [0.25, 0.3) is 22.5 Å². The zero-order valence-electron chi connectivity index (χ0n) is 22.6. The molecule has 40 heavy (non-hydrogen) atoms. The molecule has 0 bridgehead atoms. The number of tetrazole rings is 1. The lowest BCUT2D eigenvalue weighted by Crippen LogP contribution is -2.47.